The van der Waals surface area contributed by atoms with Crippen molar-refractivity contribution < 1.29 is 4.84 Å². The maximum atomic E-state index is 4.70. The van der Waals surface area contributed by atoms with E-state index in [1.54, 1.807) is 7.11 Å². The highest BCUT2D eigenvalue weighted by atomic mass is 16.6. The van der Waals surface area contributed by atoms with Gasteiger partial charge in [0.1, 0.15) is 7.11 Å². The Morgan fingerprint density at radius 3 is 2.30 bits per heavy atom. The maximum absolute atomic E-state index is 4.70. The van der Waals surface area contributed by atoms with E-state index < -0.39 is 0 Å². The molecule has 0 amide bonds. The molecule has 1 aromatic rings. The zero-order valence-corrected chi connectivity index (χ0v) is 15.0. The van der Waals surface area contributed by atoms with Crippen LogP contribution in [0, 0.1) is 5.92 Å². The highest BCUT2D eigenvalue weighted by Gasteiger charge is 1.99. The molecule has 0 saturated carbocycles. The minimum absolute atomic E-state index is 0.537. The van der Waals surface area contributed by atoms with Gasteiger partial charge in [-0.15, -0.1) is 0 Å². The van der Waals surface area contributed by atoms with Gasteiger partial charge in [-0.3, -0.25) is 4.98 Å². The van der Waals surface area contributed by atoms with E-state index in [1.807, 2.05) is 24.7 Å². The molecular formula is C20H34N2O. The second-order valence-corrected chi connectivity index (χ2v) is 6.50. The van der Waals surface area contributed by atoms with Gasteiger partial charge in [-0.2, -0.15) is 0 Å². The fourth-order valence-corrected chi connectivity index (χ4v) is 2.82. The first-order chi connectivity index (χ1) is 11.3. The summed E-state index contributed by atoms with van der Waals surface area (Å²) in [5, 5.41) is 3.83. The second-order valence-electron chi connectivity index (χ2n) is 6.50. The molecule has 0 spiro atoms. The van der Waals surface area contributed by atoms with Crippen molar-refractivity contribution in [3.05, 3.63) is 30.1 Å². The van der Waals surface area contributed by atoms with Crippen LogP contribution < -0.4 is 0 Å². The van der Waals surface area contributed by atoms with Gasteiger partial charge in [-0.1, -0.05) is 69.5 Å². The Morgan fingerprint density at radius 2 is 1.70 bits per heavy atom. The molecule has 23 heavy (non-hydrogen) atoms. The van der Waals surface area contributed by atoms with Gasteiger partial charge in [-0.05, 0) is 36.8 Å². The molecule has 1 atom stereocenters. The number of pyridine rings is 1. The largest absolute Gasteiger partial charge is 0.399 e. The van der Waals surface area contributed by atoms with Gasteiger partial charge < -0.3 is 4.84 Å². The van der Waals surface area contributed by atoms with Crippen molar-refractivity contribution in [2.24, 2.45) is 11.1 Å². The van der Waals surface area contributed by atoms with Gasteiger partial charge in [-0.25, -0.2) is 0 Å². The van der Waals surface area contributed by atoms with Crippen molar-refractivity contribution >= 4 is 6.21 Å². The normalized spacial score (nSPS) is 12.6. The van der Waals surface area contributed by atoms with Gasteiger partial charge in [0.25, 0.3) is 0 Å². The molecule has 1 heterocycles. The Bertz CT molecular complexity index is 392. The fourth-order valence-electron chi connectivity index (χ4n) is 2.82. The average Bonchev–Trinajstić information content (AvgIpc) is 2.58. The van der Waals surface area contributed by atoms with Crippen LogP contribution in [0.2, 0.25) is 0 Å². The van der Waals surface area contributed by atoms with E-state index in [1.165, 1.54) is 76.2 Å². The summed E-state index contributed by atoms with van der Waals surface area (Å²) in [6, 6.07) is 4.20. The molecule has 0 aromatic carbocycles. The van der Waals surface area contributed by atoms with Crippen molar-refractivity contribution in [2.45, 2.75) is 77.6 Å². The topological polar surface area (TPSA) is 34.5 Å². The SMILES string of the molecule is CON=CC(C)CCCCCCCCCCCc1cccnc1. The molecule has 0 fully saturated rings. The number of hydrogen-bond acceptors (Lipinski definition) is 3. The number of rotatable bonds is 14. The van der Waals surface area contributed by atoms with Crippen molar-refractivity contribution in [1.82, 2.24) is 4.98 Å². The third-order valence-electron chi connectivity index (χ3n) is 4.27. The summed E-state index contributed by atoms with van der Waals surface area (Å²) in [7, 11) is 1.60. The van der Waals surface area contributed by atoms with Gasteiger partial charge >= 0.3 is 0 Å². The minimum Gasteiger partial charge on any atom is -0.399 e. The smallest absolute Gasteiger partial charge is 0.106 e. The summed E-state index contributed by atoms with van der Waals surface area (Å²) >= 11 is 0. The van der Waals surface area contributed by atoms with Crippen LogP contribution in [0.3, 0.4) is 0 Å². The lowest BCUT2D eigenvalue weighted by Gasteiger charge is -2.05. The lowest BCUT2D eigenvalue weighted by Crippen LogP contribution is -1.96. The molecule has 3 nitrogen and oxygen atoms in total. The molecular weight excluding hydrogens is 284 g/mol. The fraction of sp³-hybridized carbons (Fsp3) is 0.700. The van der Waals surface area contributed by atoms with E-state index >= 15 is 0 Å². The van der Waals surface area contributed by atoms with Crippen LogP contribution in [0.5, 0.6) is 0 Å². The molecule has 130 valence electrons. The lowest BCUT2D eigenvalue weighted by molar-refractivity contribution is 0.213. The van der Waals surface area contributed by atoms with Gasteiger partial charge in [0.05, 0.1) is 0 Å². The Morgan fingerprint density at radius 1 is 1.04 bits per heavy atom. The first-order valence-corrected chi connectivity index (χ1v) is 9.28. The zero-order valence-electron chi connectivity index (χ0n) is 15.0. The van der Waals surface area contributed by atoms with Crippen molar-refractivity contribution in [2.75, 3.05) is 7.11 Å². The van der Waals surface area contributed by atoms with E-state index in [2.05, 4.69) is 23.1 Å². The Kier molecular flexibility index (Phi) is 12.2. The van der Waals surface area contributed by atoms with E-state index in [9.17, 15) is 0 Å². The number of hydrogen-bond donors (Lipinski definition) is 0. The molecule has 0 bridgehead atoms. The van der Waals surface area contributed by atoms with Crippen LogP contribution in [0.1, 0.15) is 76.7 Å². The summed E-state index contributed by atoms with van der Waals surface area (Å²) in [4.78, 5) is 8.86. The Hall–Kier alpha value is -1.38. The van der Waals surface area contributed by atoms with E-state index in [-0.39, 0.29) is 0 Å². The molecule has 1 aromatic heterocycles. The minimum atomic E-state index is 0.537. The molecule has 0 saturated heterocycles. The molecule has 0 aliphatic rings. The molecule has 3 heteroatoms. The monoisotopic (exact) mass is 318 g/mol. The van der Waals surface area contributed by atoms with Crippen LogP contribution in [-0.2, 0) is 11.3 Å². The number of nitrogens with zero attached hydrogens (tertiary/aromatic N) is 2. The maximum Gasteiger partial charge on any atom is 0.106 e. The summed E-state index contributed by atoms with van der Waals surface area (Å²) in [6.07, 6.45) is 20.4. The Balaban J connectivity index is 1.80. The van der Waals surface area contributed by atoms with Gasteiger partial charge in [0.2, 0.25) is 0 Å². The third-order valence-corrected chi connectivity index (χ3v) is 4.27. The summed E-state index contributed by atoms with van der Waals surface area (Å²) in [5.41, 5.74) is 1.37. The first kappa shape index (κ1) is 19.7. The number of unbranched alkanes of at least 4 members (excludes halogenated alkanes) is 8. The van der Waals surface area contributed by atoms with Gasteiger partial charge in [0, 0.05) is 18.6 Å². The summed E-state index contributed by atoms with van der Waals surface area (Å²) in [5.74, 6) is 0.537. The number of aromatic nitrogens is 1. The first-order valence-electron chi connectivity index (χ1n) is 9.28. The predicted octanol–water partition coefficient (Wildman–Crippen LogP) is 5.79. The van der Waals surface area contributed by atoms with Crippen molar-refractivity contribution in [3.63, 3.8) is 0 Å². The molecule has 0 radical (unpaired) electrons. The molecule has 1 unspecified atom stereocenters. The van der Waals surface area contributed by atoms with Crippen LogP contribution >= 0.6 is 0 Å². The van der Waals surface area contributed by atoms with E-state index in [4.69, 9.17) is 4.84 Å². The molecule has 0 aliphatic heterocycles. The van der Waals surface area contributed by atoms with Crippen LogP contribution in [0.15, 0.2) is 29.7 Å². The standard InChI is InChI=1S/C20H34N2O/c1-19(17-22-23-2)13-10-8-6-4-3-5-7-9-11-14-20-15-12-16-21-18-20/h12,15-19H,3-11,13-14H2,1-2H3. The number of aryl methyl sites for hydroxylation is 1. The molecule has 0 aliphatic carbocycles. The highest BCUT2D eigenvalue weighted by Crippen LogP contribution is 2.13. The van der Waals surface area contributed by atoms with Crippen LogP contribution in [0.4, 0.5) is 0 Å². The van der Waals surface area contributed by atoms with E-state index in [0.717, 1.165) is 0 Å². The summed E-state index contributed by atoms with van der Waals surface area (Å²) < 4.78 is 0. The highest BCUT2D eigenvalue weighted by molar-refractivity contribution is 5.59. The molecule has 0 N–H and O–H groups in total. The van der Waals surface area contributed by atoms with Crippen molar-refractivity contribution in [1.29, 1.82) is 0 Å². The Labute approximate surface area is 142 Å². The van der Waals surface area contributed by atoms with Gasteiger partial charge in [0.15, 0.2) is 0 Å². The zero-order chi connectivity index (χ0) is 16.6. The quantitative estimate of drug-likeness (QED) is 0.247. The predicted molar refractivity (Wildman–Crippen MR) is 98.8 cm³/mol. The number of oxime groups is 1. The van der Waals surface area contributed by atoms with Crippen LogP contribution in [0.25, 0.3) is 0 Å². The summed E-state index contributed by atoms with van der Waals surface area (Å²) in [6.45, 7) is 2.20. The third kappa shape index (κ3) is 11.8. The average molecular weight is 319 g/mol. The van der Waals surface area contributed by atoms with Crippen molar-refractivity contribution in [3.8, 4) is 0 Å². The van der Waals surface area contributed by atoms with E-state index in [0.29, 0.717) is 5.92 Å². The molecule has 1 rings (SSSR count). The second kappa shape index (κ2) is 14.2. The van der Waals surface area contributed by atoms with Crippen LogP contribution in [-0.4, -0.2) is 18.3 Å². The lowest BCUT2D eigenvalue weighted by atomic mass is 10.0.